The van der Waals surface area contributed by atoms with Crippen molar-refractivity contribution in [2.75, 3.05) is 13.2 Å². The van der Waals surface area contributed by atoms with E-state index in [1.54, 1.807) is 6.08 Å². The minimum Gasteiger partial charge on any atom is -0.466 e. The number of aliphatic hydroxyl groups excluding tert-OH is 2. The summed E-state index contributed by atoms with van der Waals surface area (Å²) in [6.07, 6.45) is 68.8. The summed E-state index contributed by atoms with van der Waals surface area (Å²) in [5.41, 5.74) is 0. The Morgan fingerprint density at radius 2 is 0.712 bits per heavy atom. The van der Waals surface area contributed by atoms with Crippen molar-refractivity contribution in [1.82, 2.24) is 5.32 Å². The Labute approximate surface area is 411 Å². The lowest BCUT2D eigenvalue weighted by molar-refractivity contribution is -0.143. The van der Waals surface area contributed by atoms with Crippen LogP contribution in [0.1, 0.15) is 309 Å². The zero-order chi connectivity index (χ0) is 47.9. The van der Waals surface area contributed by atoms with Gasteiger partial charge in [-0.1, -0.05) is 249 Å². The monoisotopic (exact) mass is 928 g/mol. The van der Waals surface area contributed by atoms with Crippen molar-refractivity contribution in [1.29, 1.82) is 0 Å². The molecule has 0 aliphatic carbocycles. The van der Waals surface area contributed by atoms with Gasteiger partial charge in [-0.3, -0.25) is 9.59 Å². The van der Waals surface area contributed by atoms with Gasteiger partial charge in [0.15, 0.2) is 0 Å². The molecule has 3 N–H and O–H groups in total. The van der Waals surface area contributed by atoms with Crippen LogP contribution in [0.4, 0.5) is 0 Å². The number of rotatable bonds is 54. The number of esters is 1. The zero-order valence-corrected chi connectivity index (χ0v) is 44.2. The molecule has 0 heterocycles. The molecule has 66 heavy (non-hydrogen) atoms. The van der Waals surface area contributed by atoms with Gasteiger partial charge in [0.2, 0.25) is 5.91 Å². The summed E-state index contributed by atoms with van der Waals surface area (Å²) >= 11 is 0. The maximum absolute atomic E-state index is 12.4. The zero-order valence-electron chi connectivity index (χ0n) is 44.2. The third-order valence-corrected chi connectivity index (χ3v) is 13.4. The molecule has 0 fully saturated rings. The summed E-state index contributed by atoms with van der Waals surface area (Å²) in [5.74, 6) is -0.0894. The van der Waals surface area contributed by atoms with Gasteiger partial charge in [-0.15, -0.1) is 0 Å². The fourth-order valence-electron chi connectivity index (χ4n) is 8.86. The van der Waals surface area contributed by atoms with Crippen molar-refractivity contribution in [2.45, 2.75) is 321 Å². The van der Waals surface area contributed by atoms with Crippen LogP contribution in [0.15, 0.2) is 36.5 Å². The molecule has 0 aromatic carbocycles. The Balaban J connectivity index is 3.47. The molecule has 0 spiro atoms. The third-order valence-electron chi connectivity index (χ3n) is 13.4. The molecule has 1 amide bonds. The summed E-state index contributed by atoms with van der Waals surface area (Å²) in [7, 11) is 0. The average molecular weight is 929 g/mol. The Hall–Kier alpha value is -1.92. The Morgan fingerprint density at radius 1 is 0.409 bits per heavy atom. The molecule has 0 rings (SSSR count). The summed E-state index contributed by atoms with van der Waals surface area (Å²) in [6.45, 7) is 4.88. The molecule has 2 unspecified atom stereocenters. The lowest BCUT2D eigenvalue weighted by Crippen LogP contribution is -2.45. The molecule has 0 saturated heterocycles. The van der Waals surface area contributed by atoms with Crippen molar-refractivity contribution in [3.05, 3.63) is 36.5 Å². The largest absolute Gasteiger partial charge is 0.466 e. The van der Waals surface area contributed by atoms with Gasteiger partial charge < -0.3 is 20.3 Å². The number of allylic oxidation sites excluding steroid dienone is 5. The van der Waals surface area contributed by atoms with Gasteiger partial charge in [0.05, 0.1) is 25.4 Å². The molecule has 0 aromatic heterocycles. The first kappa shape index (κ1) is 64.1. The predicted octanol–water partition coefficient (Wildman–Crippen LogP) is 18.0. The number of hydrogen-bond acceptors (Lipinski definition) is 5. The van der Waals surface area contributed by atoms with Crippen LogP contribution < -0.4 is 5.32 Å². The Bertz CT molecular complexity index is 1070. The number of nitrogens with one attached hydrogen (secondary N) is 1. The topological polar surface area (TPSA) is 95.9 Å². The van der Waals surface area contributed by atoms with Gasteiger partial charge >= 0.3 is 5.97 Å². The van der Waals surface area contributed by atoms with Crippen molar-refractivity contribution in [2.24, 2.45) is 0 Å². The van der Waals surface area contributed by atoms with E-state index in [1.165, 1.54) is 218 Å². The highest BCUT2D eigenvalue weighted by Crippen LogP contribution is 2.16. The molecule has 0 aromatic rings. The van der Waals surface area contributed by atoms with Crippen molar-refractivity contribution >= 4 is 11.9 Å². The van der Waals surface area contributed by atoms with Crippen LogP contribution in [0.5, 0.6) is 0 Å². The van der Waals surface area contributed by atoms with Crippen LogP contribution in [-0.4, -0.2) is 47.4 Å². The molecule has 0 aliphatic rings. The van der Waals surface area contributed by atoms with Gasteiger partial charge in [0, 0.05) is 12.8 Å². The van der Waals surface area contributed by atoms with Crippen LogP contribution in [0, 0.1) is 0 Å². The highest BCUT2D eigenvalue weighted by atomic mass is 16.5. The normalized spacial score (nSPS) is 12.8. The van der Waals surface area contributed by atoms with E-state index < -0.39 is 12.1 Å². The van der Waals surface area contributed by atoms with E-state index in [1.807, 2.05) is 6.08 Å². The van der Waals surface area contributed by atoms with E-state index in [0.717, 1.165) is 64.2 Å². The quantitative estimate of drug-likeness (QED) is 0.0321. The van der Waals surface area contributed by atoms with E-state index in [2.05, 4.69) is 43.5 Å². The van der Waals surface area contributed by atoms with Gasteiger partial charge in [-0.2, -0.15) is 0 Å². The van der Waals surface area contributed by atoms with Gasteiger partial charge in [-0.05, 0) is 83.5 Å². The van der Waals surface area contributed by atoms with E-state index in [9.17, 15) is 19.8 Å². The fourth-order valence-corrected chi connectivity index (χ4v) is 8.86. The number of hydrogen-bond donors (Lipinski definition) is 3. The third kappa shape index (κ3) is 51.5. The van der Waals surface area contributed by atoms with Crippen LogP contribution in [0.2, 0.25) is 0 Å². The standard InChI is InChI=1S/C60H113NO5/c1-3-5-7-9-11-13-15-17-19-20-21-22-26-30-34-38-42-46-50-54-60(65)66-55-51-47-43-39-35-31-27-24-23-25-29-33-37-41-45-49-53-59(64)61-57(56-62)58(63)52-48-44-40-36-32-28-18-16-14-12-10-8-6-4-2/h17,19,23,25,48,52,57-58,62-63H,3-16,18,20-22,24,26-47,49-51,53-56H2,1-2H3,(H,61,64)/b19-17-,25-23-,52-48+. The SMILES string of the molecule is CCCCCCCC/C=C\CCCCCCCCCCCC(=O)OCCCCCCCCC/C=C\CCCCCCCC(=O)NC(CO)C(O)/C=C/CCCCCCCCCCCCCC. The summed E-state index contributed by atoms with van der Waals surface area (Å²) in [6, 6.07) is -0.640. The minimum atomic E-state index is -0.855. The summed E-state index contributed by atoms with van der Waals surface area (Å²) in [5, 5.41) is 23.1. The maximum atomic E-state index is 12.4. The number of carbonyl (C=O) groups excluding carboxylic acids is 2. The Morgan fingerprint density at radius 3 is 1.08 bits per heavy atom. The number of carbonyl (C=O) groups is 2. The first-order chi connectivity index (χ1) is 32.5. The highest BCUT2D eigenvalue weighted by Gasteiger charge is 2.18. The van der Waals surface area contributed by atoms with E-state index in [-0.39, 0.29) is 18.5 Å². The maximum Gasteiger partial charge on any atom is 0.305 e. The second-order valence-corrected chi connectivity index (χ2v) is 20.0. The molecule has 0 radical (unpaired) electrons. The molecular formula is C60H113NO5. The molecule has 0 saturated carbocycles. The van der Waals surface area contributed by atoms with Crippen LogP contribution >= 0.6 is 0 Å². The second kappa shape index (κ2) is 55.7. The lowest BCUT2D eigenvalue weighted by Gasteiger charge is -2.20. The number of unbranched alkanes of at least 4 members (excludes halogenated alkanes) is 39. The molecule has 0 bridgehead atoms. The smallest absolute Gasteiger partial charge is 0.305 e. The molecule has 6 nitrogen and oxygen atoms in total. The van der Waals surface area contributed by atoms with Crippen molar-refractivity contribution < 1.29 is 24.5 Å². The van der Waals surface area contributed by atoms with E-state index >= 15 is 0 Å². The summed E-state index contributed by atoms with van der Waals surface area (Å²) < 4.78 is 5.48. The Kier molecular flexibility index (Phi) is 54.1. The highest BCUT2D eigenvalue weighted by molar-refractivity contribution is 5.76. The van der Waals surface area contributed by atoms with Gasteiger partial charge in [-0.25, -0.2) is 0 Å². The van der Waals surface area contributed by atoms with Crippen LogP contribution in [0.25, 0.3) is 0 Å². The number of ether oxygens (including phenoxy) is 1. The van der Waals surface area contributed by atoms with E-state index in [0.29, 0.717) is 19.4 Å². The van der Waals surface area contributed by atoms with Crippen molar-refractivity contribution in [3.8, 4) is 0 Å². The molecule has 388 valence electrons. The average Bonchev–Trinajstić information content (AvgIpc) is 3.32. The van der Waals surface area contributed by atoms with Crippen molar-refractivity contribution in [3.63, 3.8) is 0 Å². The lowest BCUT2D eigenvalue weighted by atomic mass is 10.0. The predicted molar refractivity (Wildman–Crippen MR) is 287 cm³/mol. The van der Waals surface area contributed by atoms with E-state index in [4.69, 9.17) is 4.74 Å². The second-order valence-electron chi connectivity index (χ2n) is 20.0. The minimum absolute atomic E-state index is 0.00447. The first-order valence-electron chi connectivity index (χ1n) is 29.3. The van der Waals surface area contributed by atoms with Gasteiger partial charge in [0.25, 0.3) is 0 Å². The molecule has 6 heteroatoms. The fraction of sp³-hybridized carbons (Fsp3) is 0.867. The van der Waals surface area contributed by atoms with Crippen LogP contribution in [-0.2, 0) is 14.3 Å². The van der Waals surface area contributed by atoms with Gasteiger partial charge in [0.1, 0.15) is 0 Å². The molecule has 0 aliphatic heterocycles. The molecule has 2 atom stereocenters. The summed E-state index contributed by atoms with van der Waals surface area (Å²) in [4.78, 5) is 24.5. The number of amides is 1. The number of aliphatic hydroxyl groups is 2. The first-order valence-corrected chi connectivity index (χ1v) is 29.3. The van der Waals surface area contributed by atoms with Crippen LogP contribution in [0.3, 0.4) is 0 Å². The molecular weight excluding hydrogens is 815 g/mol.